The molecule has 19 heteroatoms. The lowest BCUT2D eigenvalue weighted by Crippen LogP contribution is -2.60. The lowest BCUT2D eigenvalue weighted by Gasteiger charge is -2.28. The van der Waals surface area contributed by atoms with Crippen LogP contribution in [0.25, 0.3) is 0 Å². The lowest BCUT2D eigenvalue weighted by molar-refractivity contribution is -0.142. The number of aliphatic carboxylic acids is 1. The Labute approximate surface area is 354 Å². The molecule has 0 unspecified atom stereocenters. The highest BCUT2D eigenvalue weighted by atomic mass is 16.4. The summed E-state index contributed by atoms with van der Waals surface area (Å²) >= 11 is 0. The van der Waals surface area contributed by atoms with Gasteiger partial charge in [0.1, 0.15) is 35.9 Å². The summed E-state index contributed by atoms with van der Waals surface area (Å²) in [5.74, 6) is -5.66. The van der Waals surface area contributed by atoms with Gasteiger partial charge in [0.2, 0.25) is 29.5 Å². The number of benzene rings is 2. The maximum absolute atomic E-state index is 14.3. The predicted molar refractivity (Wildman–Crippen MR) is 227 cm³/mol. The molecular formula is C42H59N11O8. The van der Waals surface area contributed by atoms with Crippen LogP contribution in [0.2, 0.25) is 0 Å². The van der Waals surface area contributed by atoms with Crippen LogP contribution in [0.5, 0.6) is 0 Å². The summed E-state index contributed by atoms with van der Waals surface area (Å²) in [6.45, 7) is 3.88. The van der Waals surface area contributed by atoms with Crippen LogP contribution in [0.15, 0.2) is 78.2 Å². The first kappa shape index (κ1) is 48.7. The van der Waals surface area contributed by atoms with Crippen molar-refractivity contribution >= 4 is 47.2 Å². The van der Waals surface area contributed by atoms with Gasteiger partial charge in [0.25, 0.3) is 0 Å². The number of hydrogen-bond donors (Lipinski definition) is 10. The maximum Gasteiger partial charge on any atom is 0.326 e. The van der Waals surface area contributed by atoms with Crippen LogP contribution in [0.3, 0.4) is 0 Å². The molecule has 0 saturated heterocycles. The first-order valence-electron chi connectivity index (χ1n) is 20.3. The molecule has 1 heterocycles. The first-order valence-corrected chi connectivity index (χ1v) is 20.3. The van der Waals surface area contributed by atoms with E-state index >= 15 is 0 Å². The second kappa shape index (κ2) is 25.8. The van der Waals surface area contributed by atoms with Gasteiger partial charge < -0.3 is 53.9 Å². The van der Waals surface area contributed by atoms with Crippen molar-refractivity contribution in [3.8, 4) is 0 Å². The number of aromatic amines is 1. The minimum atomic E-state index is -1.29. The quantitative estimate of drug-likeness (QED) is 0.0213. The van der Waals surface area contributed by atoms with Crippen LogP contribution in [0.4, 0.5) is 0 Å². The van der Waals surface area contributed by atoms with Crippen molar-refractivity contribution < 1.29 is 38.7 Å². The molecule has 3 rings (SSSR count). The van der Waals surface area contributed by atoms with Gasteiger partial charge in [-0.15, -0.1) is 0 Å². The van der Waals surface area contributed by atoms with Crippen LogP contribution in [-0.4, -0.2) is 106 Å². The molecular weight excluding hydrogens is 787 g/mol. The highest BCUT2D eigenvalue weighted by Crippen LogP contribution is 2.11. The summed E-state index contributed by atoms with van der Waals surface area (Å²) in [6, 6.07) is 11.5. The van der Waals surface area contributed by atoms with E-state index in [9.17, 15) is 38.7 Å². The van der Waals surface area contributed by atoms with E-state index in [-0.39, 0.29) is 68.9 Å². The number of unbranched alkanes of at least 4 members (excludes halogenated alkanes) is 1. The average Bonchev–Trinajstić information content (AvgIpc) is 3.78. The van der Waals surface area contributed by atoms with Crippen molar-refractivity contribution in [2.24, 2.45) is 28.1 Å². The maximum atomic E-state index is 14.3. The van der Waals surface area contributed by atoms with Crippen LogP contribution in [0.1, 0.15) is 80.4 Å². The minimum Gasteiger partial charge on any atom is -0.480 e. The Morgan fingerprint density at radius 1 is 0.689 bits per heavy atom. The number of carbonyl (C=O) groups is 7. The summed E-state index contributed by atoms with van der Waals surface area (Å²) in [5.41, 5.74) is 18.2. The number of nitrogens with one attached hydrogen (secondary N) is 6. The second-order valence-corrected chi connectivity index (χ2v) is 14.9. The summed E-state index contributed by atoms with van der Waals surface area (Å²) in [7, 11) is 0. The van der Waals surface area contributed by atoms with Crippen molar-refractivity contribution in [2.75, 3.05) is 13.1 Å². The fraction of sp³-hybridized carbons (Fsp3) is 0.452. The van der Waals surface area contributed by atoms with Crippen LogP contribution in [-0.2, 0) is 41.6 Å². The van der Waals surface area contributed by atoms with E-state index in [2.05, 4.69) is 41.5 Å². The number of rotatable bonds is 27. The summed E-state index contributed by atoms with van der Waals surface area (Å²) in [6.07, 6.45) is 3.72. The normalized spacial score (nSPS) is 13.4. The minimum absolute atomic E-state index is 0.00265. The number of imidazole rings is 1. The number of hydrogen-bond acceptors (Lipinski definition) is 10. The Morgan fingerprint density at radius 3 is 1.70 bits per heavy atom. The van der Waals surface area contributed by atoms with Gasteiger partial charge in [0, 0.05) is 32.2 Å². The molecule has 0 aliphatic rings. The Hall–Kier alpha value is -6.63. The number of guanidine groups is 1. The third-order valence-electron chi connectivity index (χ3n) is 9.61. The van der Waals surface area contributed by atoms with Gasteiger partial charge in [-0.25, -0.2) is 9.78 Å². The Morgan fingerprint density at radius 2 is 1.21 bits per heavy atom. The summed E-state index contributed by atoms with van der Waals surface area (Å²) < 4.78 is 0. The van der Waals surface area contributed by atoms with E-state index in [1.165, 1.54) is 12.5 Å². The van der Waals surface area contributed by atoms with Gasteiger partial charge in [-0.05, 0) is 55.7 Å². The smallest absolute Gasteiger partial charge is 0.326 e. The number of ketones is 1. The third kappa shape index (κ3) is 17.6. The molecule has 19 nitrogen and oxygen atoms in total. The van der Waals surface area contributed by atoms with Gasteiger partial charge >= 0.3 is 5.97 Å². The molecule has 0 aliphatic carbocycles. The largest absolute Gasteiger partial charge is 0.480 e. The van der Waals surface area contributed by atoms with Crippen molar-refractivity contribution in [2.45, 2.75) is 102 Å². The number of carboxylic acids is 1. The van der Waals surface area contributed by atoms with Crippen LogP contribution >= 0.6 is 0 Å². The molecule has 61 heavy (non-hydrogen) atoms. The lowest BCUT2D eigenvalue weighted by atomic mass is 10.00. The SMILES string of the molecule is CC(C)[C@H](NC(=O)CCC(=O)c1cnc[nH]1)C(=O)N[C@@H](CCCN=C(N)N)C(=O)N[C@@H](Cc1ccccc1)C(=O)N[C@@H](Cc1ccccc1)C(=O)N[C@@H](CCCCN)C(=O)O. The molecule has 3 aromatic rings. The molecule has 5 atom stereocenters. The molecule has 330 valence electrons. The Kier molecular flexibility index (Phi) is 20.6. The molecule has 0 bridgehead atoms. The number of Topliss-reactive ketones (excluding diaryl/α,β-unsaturated/α-hetero) is 1. The van der Waals surface area contributed by atoms with Crippen molar-refractivity contribution in [3.63, 3.8) is 0 Å². The molecule has 0 spiro atoms. The zero-order valence-corrected chi connectivity index (χ0v) is 34.6. The highest BCUT2D eigenvalue weighted by molar-refractivity contribution is 5.98. The fourth-order valence-electron chi connectivity index (χ4n) is 6.27. The monoisotopic (exact) mass is 845 g/mol. The standard InChI is InChI=1S/C42H59N11O8/c1-26(2)36(53-35(55)19-18-34(54)33-24-46-25-48-33)40(59)49-29(17-11-21-47-42(44)45)37(56)51-32(23-28-14-7-4-8-15-28)39(58)52-31(22-27-12-5-3-6-13-27)38(57)50-30(41(60)61)16-9-10-20-43/h3-8,12-15,24-26,29-32,36H,9-11,16-23,43H2,1-2H3,(H,46,48)(H,49,59)(H,50,57)(H,51,56)(H,52,58)(H,53,55)(H,60,61)(H4,44,45,47)/t29-,30-,31-,32-,36-/m0/s1. The molecule has 0 saturated carbocycles. The van der Waals surface area contributed by atoms with Gasteiger partial charge in [-0.1, -0.05) is 74.5 Å². The number of aliphatic imine (C=N–C) groups is 1. The summed E-state index contributed by atoms with van der Waals surface area (Å²) in [5, 5.41) is 23.3. The zero-order chi connectivity index (χ0) is 44.7. The van der Waals surface area contributed by atoms with E-state index in [1.807, 2.05) is 0 Å². The van der Waals surface area contributed by atoms with Crippen LogP contribution < -0.4 is 43.8 Å². The first-order chi connectivity index (χ1) is 29.2. The molecule has 0 aliphatic heterocycles. The molecule has 2 aromatic carbocycles. The van der Waals surface area contributed by atoms with E-state index in [0.717, 1.165) is 0 Å². The molecule has 1 aromatic heterocycles. The average molecular weight is 846 g/mol. The van der Waals surface area contributed by atoms with E-state index in [1.54, 1.807) is 74.5 Å². The van der Waals surface area contributed by atoms with E-state index in [4.69, 9.17) is 17.2 Å². The second-order valence-electron chi connectivity index (χ2n) is 14.9. The summed E-state index contributed by atoms with van der Waals surface area (Å²) in [4.78, 5) is 104. The van der Waals surface area contributed by atoms with E-state index in [0.29, 0.717) is 30.5 Å². The number of nitrogens with zero attached hydrogens (tertiary/aromatic N) is 2. The molecule has 0 fully saturated rings. The van der Waals surface area contributed by atoms with Crippen molar-refractivity contribution in [3.05, 3.63) is 90.0 Å². The van der Waals surface area contributed by atoms with Crippen LogP contribution in [0, 0.1) is 5.92 Å². The fourth-order valence-corrected chi connectivity index (χ4v) is 6.27. The van der Waals surface area contributed by atoms with E-state index < -0.39 is 71.6 Å². The highest BCUT2D eigenvalue weighted by Gasteiger charge is 2.33. The number of carbonyl (C=O) groups excluding carboxylic acids is 6. The number of nitrogens with two attached hydrogens (primary N) is 3. The Bertz CT molecular complexity index is 1910. The molecule has 0 radical (unpaired) electrons. The van der Waals surface area contributed by atoms with Gasteiger partial charge in [0.15, 0.2) is 11.7 Å². The topological polar surface area (TPSA) is 319 Å². The van der Waals surface area contributed by atoms with Crippen molar-refractivity contribution in [1.29, 1.82) is 0 Å². The van der Waals surface area contributed by atoms with Crippen molar-refractivity contribution in [1.82, 2.24) is 36.6 Å². The number of carboxylic acid groups (broad SMARTS) is 1. The number of H-pyrrole nitrogens is 1. The van der Waals surface area contributed by atoms with Gasteiger partial charge in [-0.2, -0.15) is 0 Å². The Balaban J connectivity index is 1.87. The molecule has 13 N–H and O–H groups in total. The predicted octanol–water partition coefficient (Wildman–Crippen LogP) is 0.205. The number of aromatic nitrogens is 2. The van der Waals surface area contributed by atoms with Gasteiger partial charge in [-0.3, -0.25) is 33.8 Å². The third-order valence-corrected chi connectivity index (χ3v) is 9.61. The van der Waals surface area contributed by atoms with Gasteiger partial charge in [0.05, 0.1) is 12.5 Å². The molecule has 5 amide bonds. The zero-order valence-electron chi connectivity index (χ0n) is 34.6. The number of amides is 5.